The van der Waals surface area contributed by atoms with E-state index in [-0.39, 0.29) is 6.04 Å². The van der Waals surface area contributed by atoms with Gasteiger partial charge in [-0.05, 0) is 25.9 Å². The molecule has 0 aromatic heterocycles. The zero-order valence-corrected chi connectivity index (χ0v) is 9.79. The van der Waals surface area contributed by atoms with E-state index in [1.165, 1.54) is 12.8 Å². The van der Waals surface area contributed by atoms with E-state index >= 15 is 0 Å². The molecule has 0 radical (unpaired) electrons. The first kappa shape index (κ1) is 15.2. The SMILES string of the molecule is NC1COCC12CCNCC2.O=C(O)C(F)(F)F. The summed E-state index contributed by atoms with van der Waals surface area (Å²) in [6.45, 7) is 3.87. The van der Waals surface area contributed by atoms with E-state index < -0.39 is 12.1 Å². The predicted molar refractivity (Wildman–Crippen MR) is 57.0 cm³/mol. The van der Waals surface area contributed by atoms with Crippen molar-refractivity contribution in [2.24, 2.45) is 11.1 Å². The van der Waals surface area contributed by atoms with Gasteiger partial charge in [0.2, 0.25) is 0 Å². The number of carboxylic acid groups (broad SMARTS) is 1. The Morgan fingerprint density at radius 2 is 1.89 bits per heavy atom. The lowest BCUT2D eigenvalue weighted by Gasteiger charge is -2.35. The highest BCUT2D eigenvalue weighted by Gasteiger charge is 2.42. The van der Waals surface area contributed by atoms with E-state index in [2.05, 4.69) is 5.32 Å². The smallest absolute Gasteiger partial charge is 0.475 e. The molecule has 4 N–H and O–H groups in total. The summed E-state index contributed by atoms with van der Waals surface area (Å²) in [5.41, 5.74) is 6.32. The molecule has 1 atom stereocenters. The third-order valence-corrected chi connectivity index (χ3v) is 3.32. The summed E-state index contributed by atoms with van der Waals surface area (Å²) in [4.78, 5) is 8.90. The van der Waals surface area contributed by atoms with Crippen LogP contribution in [0.3, 0.4) is 0 Å². The van der Waals surface area contributed by atoms with Crippen LogP contribution < -0.4 is 11.1 Å². The normalized spacial score (nSPS) is 26.6. The lowest BCUT2D eigenvalue weighted by molar-refractivity contribution is -0.192. The molecule has 106 valence electrons. The van der Waals surface area contributed by atoms with E-state index in [0.717, 1.165) is 26.3 Å². The number of carbonyl (C=O) groups is 1. The fourth-order valence-electron chi connectivity index (χ4n) is 2.11. The summed E-state index contributed by atoms with van der Waals surface area (Å²) in [6, 6.07) is 0.282. The Hall–Kier alpha value is -0.860. The fraction of sp³-hybridized carbons (Fsp3) is 0.900. The highest BCUT2D eigenvalue weighted by molar-refractivity contribution is 5.73. The number of rotatable bonds is 0. The lowest BCUT2D eigenvalue weighted by atomic mass is 9.75. The number of hydrogen-bond acceptors (Lipinski definition) is 4. The van der Waals surface area contributed by atoms with Crippen LogP contribution in [0.2, 0.25) is 0 Å². The van der Waals surface area contributed by atoms with Gasteiger partial charge < -0.3 is 20.9 Å². The summed E-state index contributed by atoms with van der Waals surface area (Å²) in [5.74, 6) is -2.76. The van der Waals surface area contributed by atoms with Crippen LogP contribution in [0, 0.1) is 5.41 Å². The van der Waals surface area contributed by atoms with Crippen molar-refractivity contribution < 1.29 is 27.8 Å². The minimum absolute atomic E-state index is 0.282. The second-order valence-electron chi connectivity index (χ2n) is 4.54. The van der Waals surface area contributed by atoms with Gasteiger partial charge in [-0.2, -0.15) is 13.2 Å². The van der Waals surface area contributed by atoms with Gasteiger partial charge in [-0.15, -0.1) is 0 Å². The van der Waals surface area contributed by atoms with Crippen molar-refractivity contribution in [3.63, 3.8) is 0 Å². The topological polar surface area (TPSA) is 84.6 Å². The molecule has 0 aromatic carbocycles. The fourth-order valence-corrected chi connectivity index (χ4v) is 2.11. The average Bonchev–Trinajstić information content (AvgIpc) is 2.61. The van der Waals surface area contributed by atoms with Crippen molar-refractivity contribution in [3.05, 3.63) is 0 Å². The molecule has 2 rings (SSSR count). The van der Waals surface area contributed by atoms with Gasteiger partial charge in [-0.3, -0.25) is 0 Å². The maximum Gasteiger partial charge on any atom is 0.490 e. The Morgan fingerprint density at radius 1 is 1.39 bits per heavy atom. The Balaban J connectivity index is 0.000000203. The van der Waals surface area contributed by atoms with Gasteiger partial charge >= 0.3 is 12.1 Å². The molecular formula is C10H17F3N2O3. The maximum atomic E-state index is 10.6. The van der Waals surface area contributed by atoms with Crippen LogP contribution in [0.1, 0.15) is 12.8 Å². The number of alkyl halides is 3. The van der Waals surface area contributed by atoms with Crippen molar-refractivity contribution in [2.75, 3.05) is 26.3 Å². The lowest BCUT2D eigenvalue weighted by Crippen LogP contribution is -2.47. The van der Waals surface area contributed by atoms with Crippen LogP contribution in [0.15, 0.2) is 0 Å². The molecule has 0 aliphatic carbocycles. The Labute approximate surface area is 102 Å². The van der Waals surface area contributed by atoms with E-state index in [1.807, 2.05) is 0 Å². The summed E-state index contributed by atoms with van der Waals surface area (Å²) in [6.07, 6.45) is -2.71. The molecule has 0 saturated carbocycles. The Morgan fingerprint density at radius 3 is 2.22 bits per heavy atom. The van der Waals surface area contributed by atoms with Crippen LogP contribution in [-0.2, 0) is 9.53 Å². The van der Waals surface area contributed by atoms with Gasteiger partial charge in [0, 0.05) is 11.5 Å². The minimum atomic E-state index is -5.08. The molecular weight excluding hydrogens is 253 g/mol. The van der Waals surface area contributed by atoms with Crippen molar-refractivity contribution >= 4 is 5.97 Å². The van der Waals surface area contributed by atoms with E-state index in [1.54, 1.807) is 0 Å². The van der Waals surface area contributed by atoms with Gasteiger partial charge in [0.05, 0.1) is 13.2 Å². The number of piperidine rings is 1. The molecule has 8 heteroatoms. The first-order valence-corrected chi connectivity index (χ1v) is 5.62. The van der Waals surface area contributed by atoms with E-state index in [4.69, 9.17) is 20.4 Å². The standard InChI is InChI=1S/C8H16N2O.C2HF3O2/c9-7-5-11-6-8(7)1-3-10-4-2-8;3-2(4,5)1(6)7/h7,10H,1-6,9H2;(H,6,7). The van der Waals surface area contributed by atoms with Crippen LogP contribution in [-0.4, -0.2) is 49.6 Å². The number of ether oxygens (including phenoxy) is 1. The van der Waals surface area contributed by atoms with Gasteiger partial charge in [-0.1, -0.05) is 0 Å². The summed E-state index contributed by atoms with van der Waals surface area (Å²) >= 11 is 0. The highest BCUT2D eigenvalue weighted by atomic mass is 19.4. The maximum absolute atomic E-state index is 10.6. The van der Waals surface area contributed by atoms with E-state index in [9.17, 15) is 13.2 Å². The van der Waals surface area contributed by atoms with E-state index in [0.29, 0.717) is 5.41 Å². The first-order chi connectivity index (χ1) is 8.28. The molecule has 5 nitrogen and oxygen atoms in total. The number of nitrogens with two attached hydrogens (primary N) is 1. The third-order valence-electron chi connectivity index (χ3n) is 3.32. The highest BCUT2D eigenvalue weighted by Crippen LogP contribution is 2.36. The molecule has 2 aliphatic heterocycles. The Bertz CT molecular complexity index is 291. The van der Waals surface area contributed by atoms with Crippen LogP contribution in [0.5, 0.6) is 0 Å². The van der Waals surface area contributed by atoms with Crippen molar-refractivity contribution in [2.45, 2.75) is 25.1 Å². The summed E-state index contributed by atoms with van der Waals surface area (Å²) in [7, 11) is 0. The van der Waals surface area contributed by atoms with Gasteiger partial charge in [0.1, 0.15) is 0 Å². The van der Waals surface area contributed by atoms with Crippen LogP contribution in [0.25, 0.3) is 0 Å². The van der Waals surface area contributed by atoms with Gasteiger partial charge in [0.25, 0.3) is 0 Å². The molecule has 0 amide bonds. The quantitative estimate of drug-likeness (QED) is 0.591. The number of carboxylic acids is 1. The molecule has 2 heterocycles. The third kappa shape index (κ3) is 3.82. The van der Waals surface area contributed by atoms with Crippen molar-refractivity contribution in [1.82, 2.24) is 5.32 Å². The first-order valence-electron chi connectivity index (χ1n) is 5.62. The molecule has 1 unspecified atom stereocenters. The summed E-state index contributed by atoms with van der Waals surface area (Å²) in [5, 5.41) is 10.5. The zero-order chi connectivity index (χ0) is 13.8. The number of aliphatic carboxylic acids is 1. The van der Waals surface area contributed by atoms with Gasteiger partial charge in [-0.25, -0.2) is 4.79 Å². The number of nitrogens with one attached hydrogen (secondary N) is 1. The van der Waals surface area contributed by atoms with Crippen molar-refractivity contribution in [3.8, 4) is 0 Å². The average molecular weight is 270 g/mol. The molecule has 2 saturated heterocycles. The van der Waals surface area contributed by atoms with Gasteiger partial charge in [0.15, 0.2) is 0 Å². The minimum Gasteiger partial charge on any atom is -0.475 e. The molecule has 1 spiro atoms. The summed E-state index contributed by atoms with van der Waals surface area (Å²) < 4.78 is 37.1. The molecule has 0 bridgehead atoms. The van der Waals surface area contributed by atoms with Crippen LogP contribution in [0.4, 0.5) is 13.2 Å². The molecule has 2 fully saturated rings. The van der Waals surface area contributed by atoms with Crippen molar-refractivity contribution in [1.29, 1.82) is 0 Å². The molecule has 18 heavy (non-hydrogen) atoms. The largest absolute Gasteiger partial charge is 0.490 e. The Kier molecular flexibility index (Phi) is 4.94. The predicted octanol–water partition coefficient (Wildman–Crippen LogP) is 0.347. The number of halogens is 3. The molecule has 0 aromatic rings. The van der Waals surface area contributed by atoms with Crippen LogP contribution >= 0.6 is 0 Å². The second-order valence-corrected chi connectivity index (χ2v) is 4.54. The second kappa shape index (κ2) is 5.85. The monoisotopic (exact) mass is 270 g/mol. The number of hydrogen-bond donors (Lipinski definition) is 3. The zero-order valence-electron chi connectivity index (χ0n) is 9.79. The molecule has 2 aliphatic rings.